The number of aryl methyl sites for hydroxylation is 1. The van der Waals surface area contributed by atoms with Gasteiger partial charge in [0.05, 0.1) is 25.3 Å². The predicted molar refractivity (Wildman–Crippen MR) is 95.9 cm³/mol. The van der Waals surface area contributed by atoms with Crippen LogP contribution in [0.15, 0.2) is 36.5 Å². The molecular weight excluding hydrogens is 359 g/mol. The molecule has 0 radical (unpaired) electrons. The summed E-state index contributed by atoms with van der Waals surface area (Å²) in [6.07, 6.45) is 1.79. The third-order valence-electron chi connectivity index (χ3n) is 4.22. The highest BCUT2D eigenvalue weighted by Crippen LogP contribution is 2.21. The van der Waals surface area contributed by atoms with Crippen LogP contribution in [0.1, 0.15) is 17.7 Å². The highest BCUT2D eigenvalue weighted by Gasteiger charge is 2.29. The van der Waals surface area contributed by atoms with E-state index >= 15 is 0 Å². The highest BCUT2D eigenvalue weighted by molar-refractivity contribution is 6.31. The largest absolute Gasteiger partial charge is 0.484 e. The van der Waals surface area contributed by atoms with Gasteiger partial charge < -0.3 is 14.8 Å². The fourth-order valence-electron chi connectivity index (χ4n) is 2.81. The summed E-state index contributed by atoms with van der Waals surface area (Å²) in [5, 5.41) is 3.16. The van der Waals surface area contributed by atoms with Crippen molar-refractivity contribution in [3.05, 3.63) is 58.6 Å². The minimum absolute atomic E-state index is 0.123. The van der Waals surface area contributed by atoms with Crippen molar-refractivity contribution in [3.8, 4) is 5.75 Å². The lowest BCUT2D eigenvalue weighted by Gasteiger charge is -2.32. The lowest BCUT2D eigenvalue weighted by molar-refractivity contribution is -0.123. The number of nitrogens with zero attached hydrogens (tertiary/aromatic N) is 1. The number of pyridine rings is 1. The molecule has 1 aromatic heterocycles. The number of halogens is 2. The normalized spacial score (nSPS) is 19.8. The van der Waals surface area contributed by atoms with Crippen molar-refractivity contribution < 1.29 is 18.7 Å². The second-order valence-electron chi connectivity index (χ2n) is 6.21. The van der Waals surface area contributed by atoms with Crippen molar-refractivity contribution in [1.82, 2.24) is 10.3 Å². The van der Waals surface area contributed by atoms with Crippen LogP contribution in [-0.4, -0.2) is 36.3 Å². The van der Waals surface area contributed by atoms with Gasteiger partial charge in [-0.25, -0.2) is 4.39 Å². The Hall–Kier alpha value is -2.18. The monoisotopic (exact) mass is 378 g/mol. The summed E-state index contributed by atoms with van der Waals surface area (Å²) in [7, 11) is 0. The van der Waals surface area contributed by atoms with Crippen molar-refractivity contribution in [2.75, 3.05) is 13.2 Å². The minimum Gasteiger partial charge on any atom is -0.484 e. The maximum absolute atomic E-state index is 13.9. The van der Waals surface area contributed by atoms with Crippen LogP contribution in [0.3, 0.4) is 0 Å². The molecule has 1 aromatic carbocycles. The molecule has 5 nitrogen and oxygen atoms in total. The number of aromatic nitrogens is 1. The number of hydrogen-bond acceptors (Lipinski definition) is 4. The molecule has 0 saturated carbocycles. The van der Waals surface area contributed by atoms with E-state index in [2.05, 4.69) is 10.3 Å². The summed E-state index contributed by atoms with van der Waals surface area (Å²) >= 11 is 5.99. The van der Waals surface area contributed by atoms with Gasteiger partial charge in [-0.3, -0.25) is 9.78 Å². The molecule has 1 aliphatic rings. The van der Waals surface area contributed by atoms with Gasteiger partial charge in [-0.15, -0.1) is 0 Å². The number of carbonyl (C=O) groups is 1. The lowest BCUT2D eigenvalue weighted by atomic mass is 10.0. The van der Waals surface area contributed by atoms with Crippen LogP contribution < -0.4 is 10.1 Å². The van der Waals surface area contributed by atoms with Crippen molar-refractivity contribution in [2.45, 2.75) is 31.9 Å². The van der Waals surface area contributed by atoms with Crippen LogP contribution in [0.4, 0.5) is 4.39 Å². The van der Waals surface area contributed by atoms with E-state index in [9.17, 15) is 9.18 Å². The van der Waals surface area contributed by atoms with Crippen molar-refractivity contribution in [1.29, 1.82) is 0 Å². The molecule has 1 amide bonds. The number of nitrogens with one attached hydrogen (secondary N) is 1. The van der Waals surface area contributed by atoms with Gasteiger partial charge >= 0.3 is 0 Å². The van der Waals surface area contributed by atoms with Gasteiger partial charge in [-0.2, -0.15) is 0 Å². The standard InChI is InChI=1S/C19H20ClFN2O3/c1-12-5-6-13(10-22-12)26-18-11-25-8-7-17(18)23-19(24)9-14-15(20)3-2-4-16(14)21/h2-6,10,17-18H,7-9,11H2,1H3,(H,23,24). The van der Waals surface area contributed by atoms with Crippen LogP contribution in [0.25, 0.3) is 0 Å². The zero-order chi connectivity index (χ0) is 18.5. The molecule has 1 fully saturated rings. The van der Waals surface area contributed by atoms with Gasteiger partial charge in [0.15, 0.2) is 0 Å². The van der Waals surface area contributed by atoms with Gasteiger partial charge in [0, 0.05) is 22.9 Å². The summed E-state index contributed by atoms with van der Waals surface area (Å²) in [6.45, 7) is 2.78. The Morgan fingerprint density at radius 3 is 3.00 bits per heavy atom. The fraction of sp³-hybridized carbons (Fsp3) is 0.368. The van der Waals surface area contributed by atoms with E-state index < -0.39 is 5.82 Å². The zero-order valence-electron chi connectivity index (χ0n) is 14.4. The number of rotatable bonds is 5. The molecule has 3 rings (SSSR count). The average molecular weight is 379 g/mol. The number of hydrogen-bond donors (Lipinski definition) is 1. The second kappa shape index (κ2) is 8.47. The van der Waals surface area contributed by atoms with E-state index in [1.165, 1.54) is 12.1 Å². The number of amides is 1. The van der Waals surface area contributed by atoms with Crippen molar-refractivity contribution >= 4 is 17.5 Å². The molecule has 0 bridgehead atoms. The van der Waals surface area contributed by atoms with Gasteiger partial charge in [0.1, 0.15) is 17.7 Å². The van der Waals surface area contributed by atoms with Crippen LogP contribution in [0.5, 0.6) is 5.75 Å². The summed E-state index contributed by atoms with van der Waals surface area (Å²) in [5.74, 6) is -0.180. The molecule has 1 saturated heterocycles. The number of benzene rings is 1. The molecule has 0 aliphatic carbocycles. The van der Waals surface area contributed by atoms with Crippen LogP contribution >= 0.6 is 11.6 Å². The first-order valence-corrected chi connectivity index (χ1v) is 8.80. The summed E-state index contributed by atoms with van der Waals surface area (Å²) in [4.78, 5) is 16.6. The molecule has 26 heavy (non-hydrogen) atoms. The Balaban J connectivity index is 1.64. The van der Waals surface area contributed by atoms with E-state index in [1.54, 1.807) is 12.3 Å². The summed E-state index contributed by atoms with van der Waals surface area (Å²) in [6, 6.07) is 7.82. The first kappa shape index (κ1) is 18.6. The zero-order valence-corrected chi connectivity index (χ0v) is 15.1. The minimum atomic E-state index is -0.488. The molecular formula is C19H20ClFN2O3. The Kier molecular flexibility index (Phi) is 6.06. The first-order chi connectivity index (χ1) is 12.5. The van der Waals surface area contributed by atoms with Gasteiger partial charge in [0.25, 0.3) is 0 Å². The Bertz CT molecular complexity index is 750. The van der Waals surface area contributed by atoms with E-state index in [0.29, 0.717) is 25.4 Å². The molecule has 2 aromatic rings. The Labute approximate surface area is 156 Å². The van der Waals surface area contributed by atoms with E-state index in [1.807, 2.05) is 19.1 Å². The summed E-state index contributed by atoms with van der Waals surface area (Å²) < 4.78 is 25.3. The SMILES string of the molecule is Cc1ccc(OC2COCCC2NC(=O)Cc2c(F)cccc2Cl)cn1. The molecule has 0 spiro atoms. The van der Waals surface area contributed by atoms with Crippen LogP contribution in [0.2, 0.25) is 5.02 Å². The van der Waals surface area contributed by atoms with Gasteiger partial charge in [0.2, 0.25) is 5.91 Å². The Morgan fingerprint density at radius 1 is 1.42 bits per heavy atom. The third-order valence-corrected chi connectivity index (χ3v) is 4.58. The molecule has 2 atom stereocenters. The maximum Gasteiger partial charge on any atom is 0.224 e. The maximum atomic E-state index is 13.9. The number of carbonyl (C=O) groups excluding carboxylic acids is 1. The van der Waals surface area contributed by atoms with Gasteiger partial charge in [-0.05, 0) is 37.6 Å². The molecule has 2 unspecified atom stereocenters. The van der Waals surface area contributed by atoms with E-state index in [-0.39, 0.29) is 35.1 Å². The second-order valence-corrected chi connectivity index (χ2v) is 6.61. The average Bonchev–Trinajstić information content (AvgIpc) is 2.62. The predicted octanol–water partition coefficient (Wildman–Crippen LogP) is 3.08. The molecule has 138 valence electrons. The smallest absolute Gasteiger partial charge is 0.224 e. The quantitative estimate of drug-likeness (QED) is 0.868. The first-order valence-electron chi connectivity index (χ1n) is 8.42. The van der Waals surface area contributed by atoms with E-state index in [0.717, 1.165) is 5.69 Å². The molecule has 1 aliphatic heterocycles. The van der Waals surface area contributed by atoms with Crippen molar-refractivity contribution in [2.24, 2.45) is 0 Å². The third kappa shape index (κ3) is 4.71. The van der Waals surface area contributed by atoms with E-state index in [4.69, 9.17) is 21.1 Å². The molecule has 2 heterocycles. The number of ether oxygens (including phenoxy) is 2. The molecule has 7 heteroatoms. The molecule has 1 N–H and O–H groups in total. The fourth-order valence-corrected chi connectivity index (χ4v) is 3.04. The highest BCUT2D eigenvalue weighted by atomic mass is 35.5. The summed E-state index contributed by atoms with van der Waals surface area (Å²) in [5.41, 5.74) is 1.09. The Morgan fingerprint density at radius 2 is 2.27 bits per heavy atom. The van der Waals surface area contributed by atoms with Gasteiger partial charge in [-0.1, -0.05) is 17.7 Å². The lowest BCUT2D eigenvalue weighted by Crippen LogP contribution is -2.51. The van der Waals surface area contributed by atoms with Crippen LogP contribution in [-0.2, 0) is 16.0 Å². The topological polar surface area (TPSA) is 60.5 Å². The van der Waals surface area contributed by atoms with Crippen molar-refractivity contribution in [3.63, 3.8) is 0 Å². The van der Waals surface area contributed by atoms with Crippen LogP contribution in [0, 0.1) is 12.7 Å².